The molecule has 124 valence electrons. The van der Waals surface area contributed by atoms with Crippen LogP contribution in [0.25, 0.3) is 0 Å². The van der Waals surface area contributed by atoms with Gasteiger partial charge in [-0.25, -0.2) is 14.6 Å². The number of amides is 1. The molecule has 0 radical (unpaired) electrons. The van der Waals surface area contributed by atoms with Crippen LogP contribution in [0.5, 0.6) is 0 Å². The van der Waals surface area contributed by atoms with E-state index in [0.717, 1.165) is 25.8 Å². The number of nitrogens with zero attached hydrogens (tertiary/aromatic N) is 2. The van der Waals surface area contributed by atoms with Crippen LogP contribution in [-0.4, -0.2) is 38.4 Å². The number of carbonyl (C=O) groups is 2. The first-order chi connectivity index (χ1) is 10.3. The Morgan fingerprint density at radius 3 is 2.59 bits per heavy atom. The molecule has 1 aromatic heterocycles. The van der Waals surface area contributed by atoms with Crippen LogP contribution >= 0.6 is 0 Å². The van der Waals surface area contributed by atoms with Gasteiger partial charge in [0.15, 0.2) is 0 Å². The van der Waals surface area contributed by atoms with Crippen molar-refractivity contribution >= 4 is 12.1 Å². The number of ether oxygens (including phenoxy) is 1. The molecule has 0 spiro atoms. The summed E-state index contributed by atoms with van der Waals surface area (Å²) in [6.07, 6.45) is 7.62. The van der Waals surface area contributed by atoms with Crippen molar-refractivity contribution in [2.45, 2.75) is 64.6 Å². The molecule has 0 aliphatic rings. The van der Waals surface area contributed by atoms with Gasteiger partial charge >= 0.3 is 12.1 Å². The quantitative estimate of drug-likeness (QED) is 0.719. The Labute approximate surface area is 130 Å². The van der Waals surface area contributed by atoms with E-state index in [2.05, 4.69) is 10.3 Å². The van der Waals surface area contributed by atoms with Gasteiger partial charge in [-0.1, -0.05) is 12.8 Å². The first kappa shape index (κ1) is 18.0. The van der Waals surface area contributed by atoms with E-state index in [1.165, 1.54) is 0 Å². The number of nitrogens with one attached hydrogen (secondary N) is 1. The second-order valence-electron chi connectivity index (χ2n) is 6.19. The summed E-state index contributed by atoms with van der Waals surface area (Å²) in [6, 6.07) is -0.914. The van der Waals surface area contributed by atoms with Gasteiger partial charge < -0.3 is 19.7 Å². The van der Waals surface area contributed by atoms with Crippen LogP contribution in [0.3, 0.4) is 0 Å². The highest BCUT2D eigenvalue weighted by atomic mass is 16.6. The van der Waals surface area contributed by atoms with Gasteiger partial charge in [0.2, 0.25) is 0 Å². The largest absolute Gasteiger partial charge is 0.480 e. The maximum Gasteiger partial charge on any atom is 0.408 e. The van der Waals surface area contributed by atoms with Crippen molar-refractivity contribution in [3.63, 3.8) is 0 Å². The fraction of sp³-hybridized carbons (Fsp3) is 0.667. The summed E-state index contributed by atoms with van der Waals surface area (Å²) < 4.78 is 7.05. The number of aryl methyl sites for hydroxylation is 1. The van der Waals surface area contributed by atoms with Crippen LogP contribution in [0.2, 0.25) is 0 Å². The zero-order valence-electron chi connectivity index (χ0n) is 13.4. The summed E-state index contributed by atoms with van der Waals surface area (Å²) in [6.45, 7) is 6.06. The number of carboxylic acids is 1. The minimum atomic E-state index is -1.04. The number of rotatable bonds is 8. The predicted molar refractivity (Wildman–Crippen MR) is 81.5 cm³/mol. The summed E-state index contributed by atoms with van der Waals surface area (Å²) in [5, 5.41) is 11.5. The third-order valence-corrected chi connectivity index (χ3v) is 2.96. The average molecular weight is 311 g/mol. The third-order valence-electron chi connectivity index (χ3n) is 2.96. The summed E-state index contributed by atoms with van der Waals surface area (Å²) in [5.74, 6) is -1.04. The lowest BCUT2D eigenvalue weighted by molar-refractivity contribution is -0.139. The number of carbonyl (C=O) groups excluding carboxylic acids is 1. The fourth-order valence-corrected chi connectivity index (χ4v) is 1.95. The molecule has 0 fully saturated rings. The first-order valence-electron chi connectivity index (χ1n) is 7.46. The number of carboxylic acid groups (broad SMARTS) is 1. The van der Waals surface area contributed by atoms with Crippen molar-refractivity contribution in [2.24, 2.45) is 0 Å². The summed E-state index contributed by atoms with van der Waals surface area (Å²) in [5.41, 5.74) is -0.641. The van der Waals surface area contributed by atoms with Crippen LogP contribution < -0.4 is 5.32 Å². The third kappa shape index (κ3) is 7.66. The maximum absolute atomic E-state index is 11.6. The molecular weight excluding hydrogens is 286 g/mol. The standard InChI is InChI=1S/C15H25N3O4/c1-15(2,3)22-14(21)17-12(13(19)20)7-5-4-6-9-18-10-8-16-11-18/h8,10-12H,4-7,9H2,1-3H3,(H,17,21)(H,19,20)/t12-/m0/s1. The Morgan fingerprint density at radius 1 is 1.32 bits per heavy atom. The molecule has 0 saturated heterocycles. The Hall–Kier alpha value is -2.05. The van der Waals surface area contributed by atoms with E-state index in [9.17, 15) is 9.59 Å². The monoisotopic (exact) mass is 311 g/mol. The van der Waals surface area contributed by atoms with E-state index >= 15 is 0 Å². The van der Waals surface area contributed by atoms with Crippen LogP contribution in [0, 0.1) is 0 Å². The van der Waals surface area contributed by atoms with E-state index in [4.69, 9.17) is 9.84 Å². The molecule has 0 aromatic carbocycles. The fourth-order valence-electron chi connectivity index (χ4n) is 1.95. The Bertz CT molecular complexity index is 466. The molecule has 0 saturated carbocycles. The number of aliphatic carboxylic acids is 1. The van der Waals surface area contributed by atoms with Crippen molar-refractivity contribution in [1.82, 2.24) is 14.9 Å². The number of imidazole rings is 1. The molecule has 0 aliphatic heterocycles. The molecule has 1 heterocycles. The van der Waals surface area contributed by atoms with Crippen LogP contribution in [0.1, 0.15) is 46.5 Å². The smallest absolute Gasteiger partial charge is 0.408 e. The van der Waals surface area contributed by atoms with Crippen molar-refractivity contribution in [3.05, 3.63) is 18.7 Å². The molecule has 1 amide bonds. The Kier molecular flexibility index (Phi) is 6.88. The topological polar surface area (TPSA) is 93.5 Å². The van der Waals surface area contributed by atoms with Crippen molar-refractivity contribution in [2.75, 3.05) is 0 Å². The van der Waals surface area contributed by atoms with E-state index in [1.54, 1.807) is 33.3 Å². The van der Waals surface area contributed by atoms with Gasteiger partial charge in [0, 0.05) is 18.9 Å². The molecule has 22 heavy (non-hydrogen) atoms. The number of aromatic nitrogens is 2. The summed E-state index contributed by atoms with van der Waals surface area (Å²) in [7, 11) is 0. The SMILES string of the molecule is CC(C)(C)OC(=O)N[C@@H](CCCCCn1ccnc1)C(=O)O. The average Bonchev–Trinajstić information content (AvgIpc) is 2.87. The molecule has 7 heteroatoms. The van der Waals surface area contributed by atoms with Gasteiger partial charge in [0.25, 0.3) is 0 Å². The highest BCUT2D eigenvalue weighted by Crippen LogP contribution is 2.09. The minimum Gasteiger partial charge on any atom is -0.480 e. The van der Waals surface area contributed by atoms with E-state index in [0.29, 0.717) is 6.42 Å². The molecule has 1 aromatic rings. The van der Waals surface area contributed by atoms with Gasteiger partial charge in [-0.05, 0) is 33.6 Å². The normalized spacial score (nSPS) is 12.7. The molecule has 1 atom stereocenters. The van der Waals surface area contributed by atoms with Gasteiger partial charge in [-0.15, -0.1) is 0 Å². The summed E-state index contributed by atoms with van der Waals surface area (Å²) in [4.78, 5) is 26.7. The van der Waals surface area contributed by atoms with Crippen molar-refractivity contribution < 1.29 is 19.4 Å². The van der Waals surface area contributed by atoms with Crippen molar-refractivity contribution in [3.8, 4) is 0 Å². The van der Waals surface area contributed by atoms with E-state index in [1.807, 2.05) is 10.8 Å². The molecule has 0 aliphatic carbocycles. The van der Waals surface area contributed by atoms with E-state index < -0.39 is 23.7 Å². The maximum atomic E-state index is 11.6. The van der Waals surface area contributed by atoms with Gasteiger partial charge in [-0.2, -0.15) is 0 Å². The lowest BCUT2D eigenvalue weighted by Crippen LogP contribution is -2.43. The first-order valence-corrected chi connectivity index (χ1v) is 7.46. The van der Waals surface area contributed by atoms with E-state index in [-0.39, 0.29) is 0 Å². The lowest BCUT2D eigenvalue weighted by atomic mass is 10.1. The van der Waals surface area contributed by atoms with Gasteiger partial charge in [0.05, 0.1) is 6.33 Å². The van der Waals surface area contributed by atoms with Gasteiger partial charge in [-0.3, -0.25) is 0 Å². The molecule has 1 rings (SSSR count). The van der Waals surface area contributed by atoms with Gasteiger partial charge in [0.1, 0.15) is 11.6 Å². The lowest BCUT2D eigenvalue weighted by Gasteiger charge is -2.22. The van der Waals surface area contributed by atoms with Crippen LogP contribution in [-0.2, 0) is 16.1 Å². The number of unbranched alkanes of at least 4 members (excludes halogenated alkanes) is 2. The highest BCUT2D eigenvalue weighted by Gasteiger charge is 2.23. The minimum absolute atomic E-state index is 0.387. The van der Waals surface area contributed by atoms with Crippen LogP contribution in [0.15, 0.2) is 18.7 Å². The zero-order chi connectivity index (χ0) is 16.6. The number of hydrogen-bond acceptors (Lipinski definition) is 4. The molecule has 0 bridgehead atoms. The highest BCUT2D eigenvalue weighted by molar-refractivity contribution is 5.79. The predicted octanol–water partition coefficient (Wildman–Crippen LogP) is 2.42. The van der Waals surface area contributed by atoms with Crippen LogP contribution in [0.4, 0.5) is 4.79 Å². The second-order valence-corrected chi connectivity index (χ2v) is 6.19. The summed E-state index contributed by atoms with van der Waals surface area (Å²) >= 11 is 0. The van der Waals surface area contributed by atoms with Crippen molar-refractivity contribution in [1.29, 1.82) is 0 Å². The Balaban J connectivity index is 2.26. The second kappa shape index (κ2) is 8.41. The zero-order valence-corrected chi connectivity index (χ0v) is 13.4. The Morgan fingerprint density at radius 2 is 2.05 bits per heavy atom. The molecular formula is C15H25N3O4. The number of hydrogen-bond donors (Lipinski definition) is 2. The molecule has 7 nitrogen and oxygen atoms in total. The molecule has 2 N–H and O–H groups in total. The number of alkyl carbamates (subject to hydrolysis) is 1. The molecule has 0 unspecified atom stereocenters.